The Hall–Kier alpha value is -2.79. The van der Waals surface area contributed by atoms with Gasteiger partial charge in [-0.3, -0.25) is 9.69 Å². The molecule has 2 aromatic carbocycles. The van der Waals surface area contributed by atoms with Crippen LogP contribution in [-0.4, -0.2) is 47.8 Å². The van der Waals surface area contributed by atoms with Crippen molar-refractivity contribution in [3.8, 4) is 11.5 Å². The van der Waals surface area contributed by atoms with E-state index in [9.17, 15) is 9.59 Å². The maximum Gasteiger partial charge on any atom is 0.335 e. The number of hydrogen-bond acceptors (Lipinski definition) is 6. The Bertz CT molecular complexity index is 1110. The molecule has 0 radical (unpaired) electrons. The highest BCUT2D eigenvalue weighted by Gasteiger charge is 2.30. The van der Waals surface area contributed by atoms with Crippen LogP contribution in [0.5, 0.6) is 11.5 Å². The van der Waals surface area contributed by atoms with Gasteiger partial charge < -0.3 is 14.6 Å². The van der Waals surface area contributed by atoms with Gasteiger partial charge >= 0.3 is 5.97 Å². The third-order valence-electron chi connectivity index (χ3n) is 4.22. The van der Waals surface area contributed by atoms with Gasteiger partial charge in [0.1, 0.15) is 6.61 Å². The molecule has 1 fully saturated rings. The van der Waals surface area contributed by atoms with E-state index in [1.165, 1.54) is 28.8 Å². The minimum Gasteiger partial charge on any atom is -0.493 e. The number of rotatable bonds is 7. The number of thioether (sulfide) groups is 1. The summed E-state index contributed by atoms with van der Waals surface area (Å²) in [7, 11) is 3.19. The molecule has 31 heavy (non-hydrogen) atoms. The first kappa shape index (κ1) is 22.9. The predicted octanol–water partition coefficient (Wildman–Crippen LogP) is 4.80. The number of aromatic carboxylic acids is 1. The van der Waals surface area contributed by atoms with Gasteiger partial charge in [0.15, 0.2) is 16.7 Å². The number of hydrogen-bond donors (Lipinski definition) is 1. The Morgan fingerprint density at radius 1 is 1.35 bits per heavy atom. The Labute approximate surface area is 197 Å². The summed E-state index contributed by atoms with van der Waals surface area (Å²) >= 11 is 3.38. The zero-order valence-electron chi connectivity index (χ0n) is 16.8. The molecule has 0 bridgehead atoms. The van der Waals surface area contributed by atoms with Crippen molar-refractivity contribution >= 4 is 63.2 Å². The molecule has 0 atom stereocenters. The van der Waals surface area contributed by atoms with Gasteiger partial charge in [-0.05, 0) is 76.3 Å². The summed E-state index contributed by atoms with van der Waals surface area (Å²) in [5.74, 6) is -0.0497. The number of amidine groups is 1. The van der Waals surface area contributed by atoms with Crippen LogP contribution in [0.3, 0.4) is 0 Å². The summed E-state index contributed by atoms with van der Waals surface area (Å²) in [5.41, 5.74) is 1.38. The number of benzene rings is 2. The number of nitrogens with zero attached hydrogens (tertiary/aromatic N) is 2. The Morgan fingerprint density at radius 2 is 2.13 bits per heavy atom. The normalized spacial score (nSPS) is 16.1. The van der Waals surface area contributed by atoms with Gasteiger partial charge in [0.25, 0.3) is 5.91 Å². The van der Waals surface area contributed by atoms with Crippen LogP contribution in [0.1, 0.15) is 15.9 Å². The van der Waals surface area contributed by atoms with Gasteiger partial charge in [0.2, 0.25) is 0 Å². The molecular weight excluding hydrogens is 531 g/mol. The second-order valence-electron chi connectivity index (χ2n) is 6.36. The van der Waals surface area contributed by atoms with Crippen molar-refractivity contribution in [2.24, 2.45) is 4.99 Å². The summed E-state index contributed by atoms with van der Waals surface area (Å²) in [4.78, 5) is 30.3. The summed E-state index contributed by atoms with van der Waals surface area (Å²) in [6.45, 7) is 4.01. The number of carbonyl (C=O) groups excluding carboxylic acids is 1. The molecule has 3 rings (SSSR count). The zero-order valence-corrected chi connectivity index (χ0v) is 19.8. The fraction of sp³-hybridized carbons (Fsp3) is 0.136. The van der Waals surface area contributed by atoms with E-state index in [4.69, 9.17) is 14.6 Å². The van der Waals surface area contributed by atoms with Crippen molar-refractivity contribution in [2.75, 3.05) is 20.8 Å². The highest BCUT2D eigenvalue weighted by molar-refractivity contribution is 14.1. The van der Waals surface area contributed by atoms with E-state index in [2.05, 4.69) is 34.2 Å². The summed E-state index contributed by atoms with van der Waals surface area (Å²) in [5, 5.41) is 9.62. The van der Waals surface area contributed by atoms with Crippen molar-refractivity contribution in [1.82, 2.24) is 4.90 Å². The standard InChI is InChI=1S/C22H19IN2O5S/c1-4-8-30-19-16(23)9-13(10-17(19)29-3)11-18-20(26)25(2)22(31-18)24-15-7-5-6-14(12-15)21(27)28/h4-7,9-12H,1,8H2,2-3H3,(H,27,28)/b18-11-,24-22?. The van der Waals surface area contributed by atoms with Crippen molar-refractivity contribution in [1.29, 1.82) is 0 Å². The van der Waals surface area contributed by atoms with Crippen LogP contribution in [-0.2, 0) is 4.79 Å². The number of carboxylic acid groups (broad SMARTS) is 1. The summed E-state index contributed by atoms with van der Waals surface area (Å²) in [6.07, 6.45) is 3.42. The van der Waals surface area contributed by atoms with Crippen LogP contribution in [0, 0.1) is 3.57 Å². The second kappa shape index (κ2) is 10.0. The van der Waals surface area contributed by atoms with Gasteiger partial charge in [-0.25, -0.2) is 9.79 Å². The fourth-order valence-electron chi connectivity index (χ4n) is 2.73. The van der Waals surface area contributed by atoms with Crippen LogP contribution in [0.15, 0.2) is 59.0 Å². The Kier molecular flexibility index (Phi) is 7.39. The van der Waals surface area contributed by atoms with E-state index >= 15 is 0 Å². The maximum atomic E-state index is 12.7. The smallest absolute Gasteiger partial charge is 0.335 e. The largest absolute Gasteiger partial charge is 0.493 e. The molecule has 9 heteroatoms. The molecule has 1 heterocycles. The molecule has 7 nitrogen and oxygen atoms in total. The molecule has 0 spiro atoms. The number of ether oxygens (including phenoxy) is 2. The monoisotopic (exact) mass is 550 g/mol. The molecule has 160 valence electrons. The van der Waals surface area contributed by atoms with E-state index in [0.29, 0.717) is 33.9 Å². The minimum absolute atomic E-state index is 0.134. The lowest BCUT2D eigenvalue weighted by Gasteiger charge is -2.12. The highest BCUT2D eigenvalue weighted by atomic mass is 127. The third kappa shape index (κ3) is 5.28. The molecule has 0 aliphatic carbocycles. The number of halogens is 1. The highest BCUT2D eigenvalue weighted by Crippen LogP contribution is 2.37. The minimum atomic E-state index is -1.03. The number of methoxy groups -OCH3 is 1. The first-order chi connectivity index (χ1) is 14.8. The molecule has 1 saturated heterocycles. The SMILES string of the molecule is C=CCOc1c(I)cc(/C=C2\SC(=Nc3cccc(C(=O)O)c3)N(C)C2=O)cc1OC. The first-order valence-corrected chi connectivity index (χ1v) is 10.9. The lowest BCUT2D eigenvalue weighted by Crippen LogP contribution is -2.23. The molecule has 1 aliphatic rings. The van der Waals surface area contributed by atoms with Crippen molar-refractivity contribution in [3.63, 3.8) is 0 Å². The summed E-state index contributed by atoms with van der Waals surface area (Å²) in [6, 6.07) is 9.96. The molecular formula is C22H19IN2O5S. The molecule has 2 aromatic rings. The van der Waals surface area contributed by atoms with Crippen LogP contribution in [0.4, 0.5) is 5.69 Å². The zero-order chi connectivity index (χ0) is 22.5. The lowest BCUT2D eigenvalue weighted by atomic mass is 10.2. The van der Waals surface area contributed by atoms with E-state index in [0.717, 1.165) is 9.13 Å². The maximum absolute atomic E-state index is 12.7. The van der Waals surface area contributed by atoms with Crippen molar-refractivity contribution < 1.29 is 24.2 Å². The molecule has 1 amide bonds. The van der Waals surface area contributed by atoms with Crippen LogP contribution in [0.25, 0.3) is 6.08 Å². The van der Waals surface area contributed by atoms with Gasteiger partial charge in [-0.2, -0.15) is 0 Å². The van der Waals surface area contributed by atoms with E-state index in [1.807, 2.05) is 6.07 Å². The van der Waals surface area contributed by atoms with Crippen LogP contribution < -0.4 is 9.47 Å². The fourth-order valence-corrected chi connectivity index (χ4v) is 4.50. The Morgan fingerprint density at radius 3 is 2.81 bits per heavy atom. The van der Waals surface area contributed by atoms with Crippen molar-refractivity contribution in [2.45, 2.75) is 0 Å². The van der Waals surface area contributed by atoms with E-state index < -0.39 is 5.97 Å². The molecule has 0 aromatic heterocycles. The number of carbonyl (C=O) groups is 2. The first-order valence-electron chi connectivity index (χ1n) is 9.05. The number of carboxylic acids is 1. The predicted molar refractivity (Wildman–Crippen MR) is 130 cm³/mol. The number of aliphatic imine (C=N–C) groups is 1. The van der Waals surface area contributed by atoms with Gasteiger partial charge in [0.05, 0.1) is 26.8 Å². The number of amides is 1. The van der Waals surface area contributed by atoms with Crippen LogP contribution >= 0.6 is 34.4 Å². The molecule has 1 N–H and O–H groups in total. The van der Waals surface area contributed by atoms with Gasteiger partial charge in [-0.15, -0.1) is 0 Å². The lowest BCUT2D eigenvalue weighted by molar-refractivity contribution is -0.121. The van der Waals surface area contributed by atoms with E-state index in [1.54, 1.807) is 44.5 Å². The average Bonchev–Trinajstić information content (AvgIpc) is 3.00. The van der Waals surface area contributed by atoms with E-state index in [-0.39, 0.29) is 11.5 Å². The van der Waals surface area contributed by atoms with Gasteiger partial charge in [-0.1, -0.05) is 18.7 Å². The molecule has 1 aliphatic heterocycles. The topological polar surface area (TPSA) is 88.4 Å². The van der Waals surface area contributed by atoms with Crippen molar-refractivity contribution in [3.05, 3.63) is 68.7 Å². The second-order valence-corrected chi connectivity index (χ2v) is 8.53. The average molecular weight is 550 g/mol. The van der Waals surface area contributed by atoms with Gasteiger partial charge in [0, 0.05) is 7.05 Å². The molecule has 0 saturated carbocycles. The number of likely N-dealkylation sites (N-methyl/N-ethyl adjacent to an activating group) is 1. The van der Waals surface area contributed by atoms with Crippen LogP contribution in [0.2, 0.25) is 0 Å². The third-order valence-corrected chi connectivity index (χ3v) is 6.08. The quantitative estimate of drug-likeness (QED) is 0.303. The summed E-state index contributed by atoms with van der Waals surface area (Å²) < 4.78 is 11.9. The molecule has 0 unspecified atom stereocenters. The Balaban J connectivity index is 1.91.